The summed E-state index contributed by atoms with van der Waals surface area (Å²) in [4.78, 5) is 47.3. The first-order chi connectivity index (χ1) is 12.4. The van der Waals surface area contributed by atoms with Crippen molar-refractivity contribution in [3.63, 3.8) is 0 Å². The van der Waals surface area contributed by atoms with Crippen LogP contribution in [0.2, 0.25) is 0 Å². The van der Waals surface area contributed by atoms with Gasteiger partial charge in [-0.15, -0.1) is 0 Å². The summed E-state index contributed by atoms with van der Waals surface area (Å²) in [6.07, 6.45) is 2.95. The number of hydrogen-bond donors (Lipinski definition) is 1. The highest BCUT2D eigenvalue weighted by Crippen LogP contribution is 2.03. The van der Waals surface area contributed by atoms with Gasteiger partial charge in [-0.3, -0.25) is 4.90 Å². The van der Waals surface area contributed by atoms with Crippen molar-refractivity contribution in [1.29, 1.82) is 0 Å². The van der Waals surface area contributed by atoms with Gasteiger partial charge in [0.2, 0.25) is 0 Å². The van der Waals surface area contributed by atoms with Gasteiger partial charge in [-0.05, 0) is 0 Å². The third-order valence-corrected chi connectivity index (χ3v) is 3.21. The quantitative estimate of drug-likeness (QED) is 0.300. The number of esters is 4. The van der Waals surface area contributed by atoms with Crippen LogP contribution in [0.5, 0.6) is 0 Å². The Morgan fingerprint density at radius 3 is 2.08 bits per heavy atom. The van der Waals surface area contributed by atoms with Gasteiger partial charge < -0.3 is 24.3 Å². The van der Waals surface area contributed by atoms with E-state index in [9.17, 15) is 19.2 Å². The Bertz CT molecular complexity index is 567. The maximum Gasteiger partial charge on any atom is 0.331 e. The summed E-state index contributed by atoms with van der Waals surface area (Å²) in [6, 6.07) is 0. The van der Waals surface area contributed by atoms with Crippen LogP contribution >= 0.6 is 0 Å². The highest BCUT2D eigenvalue weighted by atomic mass is 16.6. The standard InChI is InChI=1S/C16H22N2O8/c1-23-13(19)3-5-15(21)25-10-12(9-18-8-7-17-11-18)26-16(22)6-4-14(20)24-2/h3-6,12,17H,7-11H2,1-2H3/b5-3+,6-4+. The lowest BCUT2D eigenvalue weighted by molar-refractivity contribution is -0.153. The molecule has 1 fully saturated rings. The van der Waals surface area contributed by atoms with E-state index in [1.807, 2.05) is 4.90 Å². The molecule has 0 amide bonds. The van der Waals surface area contributed by atoms with Crippen molar-refractivity contribution in [1.82, 2.24) is 10.2 Å². The Kier molecular flexibility index (Phi) is 9.65. The minimum atomic E-state index is -0.777. The molecule has 0 radical (unpaired) electrons. The summed E-state index contributed by atoms with van der Waals surface area (Å²) in [5, 5.41) is 3.12. The zero-order valence-electron chi connectivity index (χ0n) is 14.6. The molecule has 0 aliphatic carbocycles. The third kappa shape index (κ3) is 8.94. The molecular formula is C16H22N2O8. The van der Waals surface area contributed by atoms with Crippen LogP contribution in [0.4, 0.5) is 0 Å². The largest absolute Gasteiger partial charge is 0.466 e. The predicted molar refractivity (Wildman–Crippen MR) is 87.6 cm³/mol. The lowest BCUT2D eigenvalue weighted by Gasteiger charge is -2.22. The van der Waals surface area contributed by atoms with Crippen molar-refractivity contribution in [2.75, 3.05) is 47.1 Å². The van der Waals surface area contributed by atoms with Gasteiger partial charge in [0.15, 0.2) is 0 Å². The molecule has 1 atom stereocenters. The fourth-order valence-corrected chi connectivity index (χ4v) is 1.96. The SMILES string of the molecule is COC(=O)/C=C/C(=O)OCC(CN1CCNC1)OC(=O)/C=C/C(=O)OC. The van der Waals surface area contributed by atoms with Crippen molar-refractivity contribution < 1.29 is 38.1 Å². The Morgan fingerprint density at radius 2 is 1.54 bits per heavy atom. The van der Waals surface area contributed by atoms with Crippen LogP contribution in [-0.2, 0) is 38.1 Å². The summed E-state index contributed by atoms with van der Waals surface area (Å²) < 4.78 is 18.9. The topological polar surface area (TPSA) is 120 Å². The van der Waals surface area contributed by atoms with Crippen molar-refractivity contribution in [2.24, 2.45) is 0 Å². The molecule has 144 valence electrons. The number of hydrogen-bond acceptors (Lipinski definition) is 10. The number of rotatable bonds is 9. The summed E-state index contributed by atoms with van der Waals surface area (Å²) in [5.41, 5.74) is 0. The van der Waals surface area contributed by atoms with E-state index in [-0.39, 0.29) is 6.61 Å². The molecule has 1 heterocycles. The molecule has 1 rings (SSSR count). The Balaban J connectivity index is 2.57. The van der Waals surface area contributed by atoms with Crippen molar-refractivity contribution in [3.05, 3.63) is 24.3 Å². The first-order valence-corrected chi connectivity index (χ1v) is 7.77. The molecule has 1 saturated heterocycles. The highest BCUT2D eigenvalue weighted by molar-refractivity contribution is 5.92. The molecule has 10 heteroatoms. The smallest absolute Gasteiger partial charge is 0.331 e. The van der Waals surface area contributed by atoms with Crippen molar-refractivity contribution in [2.45, 2.75) is 6.10 Å². The molecule has 0 spiro atoms. The zero-order chi connectivity index (χ0) is 19.4. The zero-order valence-corrected chi connectivity index (χ0v) is 14.6. The maximum atomic E-state index is 11.8. The average Bonchev–Trinajstić information content (AvgIpc) is 3.14. The van der Waals surface area contributed by atoms with E-state index in [2.05, 4.69) is 14.8 Å². The first kappa shape index (κ1) is 21.3. The van der Waals surface area contributed by atoms with E-state index in [1.165, 1.54) is 14.2 Å². The molecular weight excluding hydrogens is 348 g/mol. The van der Waals surface area contributed by atoms with Gasteiger partial charge in [0, 0.05) is 50.6 Å². The molecule has 0 bridgehead atoms. The second-order valence-corrected chi connectivity index (χ2v) is 5.14. The van der Waals surface area contributed by atoms with E-state index >= 15 is 0 Å². The summed E-state index contributed by atoms with van der Waals surface area (Å²) >= 11 is 0. The van der Waals surface area contributed by atoms with Crippen LogP contribution in [-0.4, -0.2) is 82.0 Å². The fourth-order valence-electron chi connectivity index (χ4n) is 1.96. The van der Waals surface area contributed by atoms with Crippen molar-refractivity contribution in [3.8, 4) is 0 Å². The monoisotopic (exact) mass is 370 g/mol. The number of nitrogens with one attached hydrogen (secondary N) is 1. The second kappa shape index (κ2) is 11.8. The van der Waals surface area contributed by atoms with Gasteiger partial charge in [-0.1, -0.05) is 0 Å². The summed E-state index contributed by atoms with van der Waals surface area (Å²) in [7, 11) is 2.36. The molecule has 10 nitrogen and oxygen atoms in total. The lowest BCUT2D eigenvalue weighted by atomic mass is 10.3. The molecule has 1 N–H and O–H groups in total. The van der Waals surface area contributed by atoms with E-state index in [0.29, 0.717) is 13.2 Å². The third-order valence-electron chi connectivity index (χ3n) is 3.21. The minimum Gasteiger partial charge on any atom is -0.466 e. The van der Waals surface area contributed by atoms with Crippen LogP contribution < -0.4 is 5.32 Å². The minimum absolute atomic E-state index is 0.210. The molecule has 1 unspecified atom stereocenters. The number of carbonyl (C=O) groups is 4. The van der Waals surface area contributed by atoms with Crippen LogP contribution in [0.15, 0.2) is 24.3 Å². The van der Waals surface area contributed by atoms with Gasteiger partial charge in [-0.25, -0.2) is 19.2 Å². The molecule has 0 aromatic heterocycles. The number of carbonyl (C=O) groups excluding carboxylic acids is 4. The molecule has 1 aliphatic heterocycles. The molecule has 0 saturated carbocycles. The van der Waals surface area contributed by atoms with Crippen LogP contribution in [0.25, 0.3) is 0 Å². The molecule has 0 aromatic carbocycles. The maximum absolute atomic E-state index is 11.8. The lowest BCUT2D eigenvalue weighted by Crippen LogP contribution is -2.37. The van der Waals surface area contributed by atoms with Gasteiger partial charge in [0.05, 0.1) is 14.2 Å². The average molecular weight is 370 g/mol. The normalized spacial score (nSPS) is 15.8. The molecule has 26 heavy (non-hydrogen) atoms. The number of nitrogens with zero attached hydrogens (tertiary/aromatic N) is 1. The highest BCUT2D eigenvalue weighted by Gasteiger charge is 2.21. The van der Waals surface area contributed by atoms with E-state index in [1.54, 1.807) is 0 Å². The van der Waals surface area contributed by atoms with Gasteiger partial charge in [0.25, 0.3) is 0 Å². The van der Waals surface area contributed by atoms with Gasteiger partial charge in [-0.2, -0.15) is 0 Å². The van der Waals surface area contributed by atoms with Crippen LogP contribution in [0.3, 0.4) is 0 Å². The summed E-state index contributed by atoms with van der Waals surface area (Å²) in [6.45, 7) is 2.28. The molecule has 1 aliphatic rings. The van der Waals surface area contributed by atoms with Gasteiger partial charge >= 0.3 is 23.9 Å². The summed E-state index contributed by atoms with van der Waals surface area (Å²) in [5.74, 6) is -2.93. The number of methoxy groups -OCH3 is 2. The second-order valence-electron chi connectivity index (χ2n) is 5.14. The van der Waals surface area contributed by atoms with E-state index in [0.717, 1.165) is 37.4 Å². The van der Waals surface area contributed by atoms with Gasteiger partial charge in [0.1, 0.15) is 12.7 Å². The Morgan fingerprint density at radius 1 is 0.962 bits per heavy atom. The Hall–Kier alpha value is -2.72. The first-order valence-electron chi connectivity index (χ1n) is 7.77. The van der Waals surface area contributed by atoms with Crippen molar-refractivity contribution >= 4 is 23.9 Å². The van der Waals surface area contributed by atoms with E-state index in [4.69, 9.17) is 9.47 Å². The van der Waals surface area contributed by atoms with Crippen LogP contribution in [0, 0.1) is 0 Å². The Labute approximate surface area is 150 Å². The fraction of sp³-hybridized carbons (Fsp3) is 0.500. The molecule has 0 aromatic rings. The van der Waals surface area contributed by atoms with Crippen LogP contribution in [0.1, 0.15) is 0 Å². The number of ether oxygens (including phenoxy) is 4. The van der Waals surface area contributed by atoms with E-state index < -0.39 is 30.0 Å². The predicted octanol–water partition coefficient (Wildman–Crippen LogP) is -1.24.